The van der Waals surface area contributed by atoms with Crippen LogP contribution in [0.1, 0.15) is 33.4 Å². The molecule has 2 nitrogen and oxygen atoms in total. The predicted molar refractivity (Wildman–Crippen MR) is 205 cm³/mol. The van der Waals surface area contributed by atoms with Crippen LogP contribution in [0.2, 0.25) is 0 Å². The molecule has 0 fully saturated rings. The van der Waals surface area contributed by atoms with Crippen LogP contribution in [0.3, 0.4) is 0 Å². The van der Waals surface area contributed by atoms with Gasteiger partial charge >= 0.3 is 0 Å². The first-order valence-electron chi connectivity index (χ1n) is 17.4. The highest BCUT2D eigenvalue weighted by Crippen LogP contribution is 2.63. The van der Waals surface area contributed by atoms with E-state index in [1.807, 2.05) is 11.8 Å². The van der Waals surface area contributed by atoms with Crippen molar-refractivity contribution in [1.82, 2.24) is 9.97 Å². The Morgan fingerprint density at radius 3 is 1.84 bits per heavy atom. The molecule has 1 aromatic heterocycles. The van der Waals surface area contributed by atoms with Crippen molar-refractivity contribution in [3.63, 3.8) is 0 Å². The highest BCUT2D eigenvalue weighted by atomic mass is 32.2. The van der Waals surface area contributed by atoms with Gasteiger partial charge in [-0.1, -0.05) is 151 Å². The Morgan fingerprint density at radius 2 is 1.06 bits per heavy atom. The van der Waals surface area contributed by atoms with Gasteiger partial charge in [0.1, 0.15) is 0 Å². The third kappa shape index (κ3) is 3.81. The van der Waals surface area contributed by atoms with Gasteiger partial charge in [-0.25, -0.2) is 9.97 Å². The predicted octanol–water partition coefficient (Wildman–Crippen LogP) is 11.6. The van der Waals surface area contributed by atoms with Gasteiger partial charge in [0.15, 0.2) is 5.82 Å². The van der Waals surface area contributed by atoms with Gasteiger partial charge in [0.25, 0.3) is 0 Å². The number of aryl methyl sites for hydroxylation is 2. The average molecular weight is 655 g/mol. The highest BCUT2D eigenvalue weighted by Gasteiger charge is 2.50. The molecule has 0 saturated carbocycles. The van der Waals surface area contributed by atoms with Crippen molar-refractivity contribution in [2.45, 2.75) is 28.0 Å². The van der Waals surface area contributed by atoms with E-state index in [0.29, 0.717) is 0 Å². The van der Waals surface area contributed by atoms with E-state index in [1.54, 1.807) is 0 Å². The first-order chi connectivity index (χ1) is 24.8. The van der Waals surface area contributed by atoms with Gasteiger partial charge in [-0.2, -0.15) is 0 Å². The molecule has 0 radical (unpaired) electrons. The number of nitrogens with zero attached hydrogens (tertiary/aromatic N) is 2. The summed E-state index contributed by atoms with van der Waals surface area (Å²) in [6, 6.07) is 57.8. The summed E-state index contributed by atoms with van der Waals surface area (Å²) >= 11 is 1.88. The van der Waals surface area contributed by atoms with Crippen molar-refractivity contribution >= 4 is 22.5 Å². The van der Waals surface area contributed by atoms with Crippen LogP contribution in [0, 0.1) is 0 Å². The van der Waals surface area contributed by atoms with Crippen LogP contribution in [0.4, 0.5) is 0 Å². The number of rotatable bonds is 3. The molecule has 0 N–H and O–H groups in total. The Labute approximate surface area is 295 Å². The van der Waals surface area contributed by atoms with Crippen molar-refractivity contribution in [2.24, 2.45) is 0 Å². The van der Waals surface area contributed by atoms with E-state index in [4.69, 9.17) is 9.97 Å². The summed E-state index contributed by atoms with van der Waals surface area (Å²) in [4.78, 5) is 13.3. The molecule has 2 aliphatic carbocycles. The van der Waals surface area contributed by atoms with Crippen molar-refractivity contribution in [2.75, 3.05) is 0 Å². The lowest BCUT2D eigenvalue weighted by Crippen LogP contribution is -2.31. The Bertz CT molecular complexity index is 2640. The van der Waals surface area contributed by atoms with Gasteiger partial charge in [0.2, 0.25) is 0 Å². The van der Waals surface area contributed by atoms with Gasteiger partial charge in [-0.15, -0.1) is 0 Å². The van der Waals surface area contributed by atoms with Crippen LogP contribution >= 0.6 is 11.8 Å². The monoisotopic (exact) mass is 654 g/mol. The first kappa shape index (κ1) is 28.1. The number of benzene rings is 7. The minimum absolute atomic E-state index is 0.434. The number of hydrogen-bond acceptors (Lipinski definition) is 3. The van der Waals surface area contributed by atoms with Gasteiger partial charge in [-0.3, -0.25) is 0 Å². The van der Waals surface area contributed by atoms with Crippen molar-refractivity contribution in [3.8, 4) is 45.0 Å². The molecule has 0 saturated heterocycles. The maximum atomic E-state index is 5.38. The van der Waals surface area contributed by atoms with Crippen LogP contribution in [0.15, 0.2) is 168 Å². The molecule has 0 amide bonds. The van der Waals surface area contributed by atoms with E-state index in [-0.39, 0.29) is 0 Å². The largest absolute Gasteiger partial charge is 0.228 e. The molecule has 0 bridgehead atoms. The molecule has 0 atom stereocenters. The normalized spacial score (nSPS) is 14.3. The molecule has 8 aromatic rings. The summed E-state index contributed by atoms with van der Waals surface area (Å²) in [5.41, 5.74) is 15.5. The van der Waals surface area contributed by atoms with Gasteiger partial charge in [-0.05, 0) is 86.3 Å². The molecule has 11 rings (SSSR count). The fraction of sp³-hybridized carbons (Fsp3) is 0.0638. The summed E-state index contributed by atoms with van der Waals surface area (Å²) in [5.74, 6) is 0.740. The molecule has 7 aromatic carbocycles. The molecule has 234 valence electrons. The highest BCUT2D eigenvalue weighted by molar-refractivity contribution is 7.99. The van der Waals surface area contributed by atoms with Crippen molar-refractivity contribution in [3.05, 3.63) is 191 Å². The molecule has 3 aliphatic rings. The Kier molecular flexibility index (Phi) is 5.97. The second-order valence-electron chi connectivity index (χ2n) is 13.6. The van der Waals surface area contributed by atoms with Crippen LogP contribution in [-0.4, -0.2) is 9.97 Å². The van der Waals surface area contributed by atoms with Crippen LogP contribution in [0.25, 0.3) is 55.8 Å². The molecular weight excluding hydrogens is 625 g/mol. The van der Waals surface area contributed by atoms with Crippen LogP contribution < -0.4 is 0 Å². The van der Waals surface area contributed by atoms with Gasteiger partial charge in [0, 0.05) is 26.5 Å². The topological polar surface area (TPSA) is 25.8 Å². The molecule has 0 unspecified atom stereocenters. The quantitative estimate of drug-likeness (QED) is 0.190. The molecular formula is C47H30N2S. The fourth-order valence-electron chi connectivity index (χ4n) is 9.03. The Morgan fingerprint density at radius 1 is 0.460 bits per heavy atom. The summed E-state index contributed by atoms with van der Waals surface area (Å²) in [6.07, 6.45) is 2.20. The van der Waals surface area contributed by atoms with Crippen LogP contribution in [0.5, 0.6) is 0 Å². The van der Waals surface area contributed by atoms with Crippen molar-refractivity contribution in [1.29, 1.82) is 0 Å². The Hall–Kier alpha value is -5.77. The number of aromatic nitrogens is 2. The lowest BCUT2D eigenvalue weighted by atomic mass is 9.67. The van der Waals surface area contributed by atoms with E-state index >= 15 is 0 Å². The zero-order chi connectivity index (χ0) is 32.8. The maximum absolute atomic E-state index is 5.38. The van der Waals surface area contributed by atoms with Crippen LogP contribution in [-0.2, 0) is 18.3 Å². The second-order valence-corrected chi connectivity index (χ2v) is 14.6. The van der Waals surface area contributed by atoms with E-state index < -0.39 is 5.41 Å². The SMILES string of the molecule is c1ccc(-c2nc(-c3cccc4c3-c3ccccc3C43c4ccccc4Sc4ccccc43)cc(-c3ccc4c5c(cccc35)CC4)n2)cc1. The minimum Gasteiger partial charge on any atom is -0.228 e. The lowest BCUT2D eigenvalue weighted by molar-refractivity contribution is 0.722. The van der Waals surface area contributed by atoms with E-state index in [0.717, 1.165) is 46.7 Å². The summed E-state index contributed by atoms with van der Waals surface area (Å²) in [7, 11) is 0. The second kappa shape index (κ2) is 10.6. The zero-order valence-electron chi connectivity index (χ0n) is 27.2. The average Bonchev–Trinajstić information content (AvgIpc) is 3.74. The summed E-state index contributed by atoms with van der Waals surface area (Å²) in [6.45, 7) is 0. The van der Waals surface area contributed by atoms with Gasteiger partial charge < -0.3 is 0 Å². The number of hydrogen-bond donors (Lipinski definition) is 0. The summed E-state index contributed by atoms with van der Waals surface area (Å²) in [5, 5.41) is 2.67. The molecule has 1 spiro atoms. The maximum Gasteiger partial charge on any atom is 0.160 e. The third-order valence-corrected chi connectivity index (χ3v) is 12.2. The van der Waals surface area contributed by atoms with E-state index in [2.05, 4.69) is 158 Å². The van der Waals surface area contributed by atoms with E-state index in [1.165, 1.54) is 65.1 Å². The molecule has 2 heterocycles. The first-order valence-corrected chi connectivity index (χ1v) is 18.2. The Balaban J connectivity index is 1.22. The summed E-state index contributed by atoms with van der Waals surface area (Å²) < 4.78 is 0. The zero-order valence-corrected chi connectivity index (χ0v) is 28.0. The fourth-order valence-corrected chi connectivity index (χ4v) is 10.2. The molecule has 1 aliphatic heterocycles. The molecule has 3 heteroatoms. The van der Waals surface area contributed by atoms with Crippen molar-refractivity contribution < 1.29 is 0 Å². The minimum atomic E-state index is -0.434. The lowest BCUT2D eigenvalue weighted by Gasteiger charge is -2.39. The molecule has 50 heavy (non-hydrogen) atoms. The standard InChI is InChI=1S/C47H30N2S/c1-2-12-31(13-3-1)46-48-40(32-27-26-30-25-24-29-14-10-16-33(32)44(29)30)28-41(49-46)35-17-11-21-39-45(35)34-15-4-5-18-36(34)47(39)37-19-6-8-22-42(37)50-43-23-9-7-20-38(43)47/h1-23,26-28H,24-25H2. The number of fused-ring (bicyclic) bond motifs is 9. The van der Waals surface area contributed by atoms with E-state index in [9.17, 15) is 0 Å². The third-order valence-electron chi connectivity index (χ3n) is 11.1. The van der Waals surface area contributed by atoms with Gasteiger partial charge in [0.05, 0.1) is 16.8 Å². The smallest absolute Gasteiger partial charge is 0.160 e.